The van der Waals surface area contributed by atoms with Crippen molar-refractivity contribution in [1.29, 1.82) is 0 Å². The third-order valence-corrected chi connectivity index (χ3v) is 3.20. The van der Waals surface area contributed by atoms with E-state index in [9.17, 15) is 0 Å². The standard InChI is InChI=1S/C9H8N.C8H7N2.CH4.H4P2.2Y/c1-10-7-6-8-4-2-3-5-9(8)10;1-10-6-4-7-3-2-5-9-8(7)10;;1-2;;/h2-7H,1H2;2-6H,1H2;1H4;1-2H2;;/q2*-1;;;;. The molecule has 0 saturated carbocycles. The van der Waals surface area contributed by atoms with Crippen molar-refractivity contribution in [2.24, 2.45) is 0 Å². The van der Waals surface area contributed by atoms with Crippen LogP contribution in [0.5, 0.6) is 0 Å². The van der Waals surface area contributed by atoms with Gasteiger partial charge in [-0.15, -0.1) is 50.3 Å². The normalized spacial score (nSPS) is 8.56. The maximum absolute atomic E-state index is 4.14. The van der Waals surface area contributed by atoms with Crippen molar-refractivity contribution in [1.82, 2.24) is 14.1 Å². The Bertz CT molecular complexity index is 787. The first-order valence-corrected chi connectivity index (χ1v) is 9.35. The second-order valence-electron chi connectivity index (χ2n) is 4.55. The van der Waals surface area contributed by atoms with E-state index in [0.29, 0.717) is 0 Å². The Balaban J connectivity index is 0. The van der Waals surface area contributed by atoms with Crippen molar-refractivity contribution < 1.29 is 65.4 Å². The van der Waals surface area contributed by atoms with Crippen LogP contribution in [0, 0.1) is 14.1 Å². The molecular weight excluding hydrogens is 498 g/mol. The van der Waals surface area contributed by atoms with Gasteiger partial charge in [-0.25, -0.2) is 0 Å². The molecule has 3 heterocycles. The summed E-state index contributed by atoms with van der Waals surface area (Å²) in [5.74, 6) is 0. The van der Waals surface area contributed by atoms with Gasteiger partial charge in [0, 0.05) is 77.3 Å². The minimum absolute atomic E-state index is 0. The van der Waals surface area contributed by atoms with Gasteiger partial charge in [0.05, 0.1) is 0 Å². The maximum atomic E-state index is 4.14. The van der Waals surface area contributed by atoms with Gasteiger partial charge in [0.1, 0.15) is 0 Å². The minimum Gasteiger partial charge on any atom is -0.487 e. The van der Waals surface area contributed by atoms with E-state index in [1.807, 2.05) is 47.3 Å². The third-order valence-electron chi connectivity index (χ3n) is 3.20. The molecule has 0 N–H and O–H groups in total. The van der Waals surface area contributed by atoms with Crippen LogP contribution in [0.4, 0.5) is 0 Å². The minimum atomic E-state index is 0. The zero-order valence-electron chi connectivity index (χ0n) is 13.4. The first-order valence-electron chi connectivity index (χ1n) is 6.69. The van der Waals surface area contributed by atoms with E-state index in [0.717, 1.165) is 11.0 Å². The van der Waals surface area contributed by atoms with Gasteiger partial charge in [0.15, 0.2) is 0 Å². The van der Waals surface area contributed by atoms with Crippen molar-refractivity contribution in [3.8, 4) is 0 Å². The smallest absolute Gasteiger partial charge is 0.0319 e. The summed E-state index contributed by atoms with van der Waals surface area (Å²) < 4.78 is 3.63. The number of pyridine rings is 1. The van der Waals surface area contributed by atoms with E-state index < -0.39 is 0 Å². The Labute approximate surface area is 205 Å². The molecule has 4 aromatic rings. The van der Waals surface area contributed by atoms with Crippen LogP contribution < -0.4 is 0 Å². The quantitative estimate of drug-likeness (QED) is 0.230. The van der Waals surface area contributed by atoms with Crippen LogP contribution >= 0.6 is 17.9 Å². The molecule has 2 radical (unpaired) electrons. The molecule has 25 heavy (non-hydrogen) atoms. The van der Waals surface area contributed by atoms with Crippen LogP contribution in [0.1, 0.15) is 7.43 Å². The number of rotatable bonds is 0. The Morgan fingerprint density at radius 1 is 0.760 bits per heavy atom. The van der Waals surface area contributed by atoms with Crippen molar-refractivity contribution >= 4 is 39.8 Å². The number of fused-ring (bicyclic) bond motifs is 2. The van der Waals surface area contributed by atoms with E-state index in [1.54, 1.807) is 10.8 Å². The van der Waals surface area contributed by atoms with Crippen LogP contribution in [0.15, 0.2) is 67.1 Å². The summed E-state index contributed by atoms with van der Waals surface area (Å²) in [4.78, 5) is 4.14. The largest absolute Gasteiger partial charge is 0.487 e. The number of aromatic nitrogens is 3. The summed E-state index contributed by atoms with van der Waals surface area (Å²) in [7, 11) is 12.3. The van der Waals surface area contributed by atoms with E-state index in [2.05, 4.69) is 55.1 Å². The van der Waals surface area contributed by atoms with Crippen molar-refractivity contribution in [3.05, 3.63) is 81.2 Å². The van der Waals surface area contributed by atoms with E-state index in [1.165, 1.54) is 10.9 Å². The average molecular weight is 521 g/mol. The molecule has 0 bridgehead atoms. The number of para-hydroxylation sites is 1. The van der Waals surface area contributed by atoms with Gasteiger partial charge in [-0.05, 0) is 11.5 Å². The van der Waals surface area contributed by atoms with Crippen LogP contribution in [0.3, 0.4) is 0 Å². The first kappa shape index (κ1) is 27.5. The maximum Gasteiger partial charge on any atom is 0.0319 e. The van der Waals surface area contributed by atoms with Crippen LogP contribution in [-0.4, -0.2) is 14.1 Å². The van der Waals surface area contributed by atoms with Crippen molar-refractivity contribution in [2.75, 3.05) is 0 Å². The Morgan fingerprint density at radius 3 is 1.96 bits per heavy atom. The second kappa shape index (κ2) is 14.3. The summed E-state index contributed by atoms with van der Waals surface area (Å²) in [6.07, 6.45) is 5.63. The van der Waals surface area contributed by atoms with E-state index in [4.69, 9.17) is 0 Å². The molecule has 1 aromatic carbocycles. The molecule has 4 rings (SSSR count). The third kappa shape index (κ3) is 7.42. The van der Waals surface area contributed by atoms with Gasteiger partial charge >= 0.3 is 0 Å². The molecule has 3 nitrogen and oxygen atoms in total. The van der Waals surface area contributed by atoms with Gasteiger partial charge in [-0.1, -0.05) is 54.9 Å². The number of hydrogen-bond donors (Lipinski definition) is 0. The molecule has 0 fully saturated rings. The molecule has 0 saturated heterocycles. The average Bonchev–Trinajstić information content (AvgIpc) is 3.15. The zero-order valence-corrected chi connectivity index (χ0v) is 21.4. The molecule has 0 aliphatic carbocycles. The molecule has 128 valence electrons. The number of nitrogens with zero attached hydrogens (tertiary/aromatic N) is 3. The van der Waals surface area contributed by atoms with Crippen LogP contribution in [0.2, 0.25) is 0 Å². The first-order chi connectivity index (χ1) is 10.8. The summed E-state index contributed by atoms with van der Waals surface area (Å²) in [6, 6.07) is 16.2. The molecule has 0 aliphatic rings. The fourth-order valence-electron chi connectivity index (χ4n) is 2.16. The topological polar surface area (TPSA) is 22.8 Å². The fraction of sp³-hybridized carbons (Fsp3) is 0.0556. The number of benzene rings is 1. The Kier molecular flexibility index (Phi) is 15.8. The second-order valence-corrected chi connectivity index (χ2v) is 4.55. The summed E-state index contributed by atoms with van der Waals surface area (Å²) >= 11 is 0. The van der Waals surface area contributed by atoms with E-state index in [-0.39, 0.29) is 72.8 Å². The van der Waals surface area contributed by atoms with Gasteiger partial charge in [-0.3, -0.25) is 0 Å². The molecule has 2 unspecified atom stereocenters. The molecule has 0 spiro atoms. The predicted octanol–water partition coefficient (Wildman–Crippen LogP) is 5.24. The monoisotopic (exact) mass is 521 g/mol. The van der Waals surface area contributed by atoms with Gasteiger partial charge < -0.3 is 14.1 Å². The van der Waals surface area contributed by atoms with Crippen LogP contribution in [0.25, 0.3) is 21.9 Å². The van der Waals surface area contributed by atoms with Gasteiger partial charge in [0.2, 0.25) is 0 Å². The van der Waals surface area contributed by atoms with Gasteiger partial charge in [0.25, 0.3) is 0 Å². The predicted molar refractivity (Wildman–Crippen MR) is 109 cm³/mol. The summed E-state index contributed by atoms with van der Waals surface area (Å²) in [5.41, 5.74) is 2.12. The molecular formula is C18H23N3P2Y2-2. The fourth-order valence-corrected chi connectivity index (χ4v) is 2.16. The molecule has 3 aromatic heterocycles. The van der Waals surface area contributed by atoms with Gasteiger partial charge in [-0.2, -0.15) is 0 Å². The zero-order chi connectivity index (χ0) is 15.9. The number of hydrogen-bond acceptors (Lipinski definition) is 1. The Morgan fingerprint density at radius 2 is 1.32 bits per heavy atom. The Hall–Kier alpha value is 0.258. The summed E-state index contributed by atoms with van der Waals surface area (Å²) in [5, 5.41) is 2.38. The van der Waals surface area contributed by atoms with E-state index >= 15 is 0 Å². The SMILES string of the molecule is C.PP.[CH2-]n1ccc2ccccc21.[CH2-]n1ccc2cccnc21.[Y].[Y]. The van der Waals surface area contributed by atoms with Crippen LogP contribution in [-0.2, 0) is 65.4 Å². The molecule has 2 atom stereocenters. The van der Waals surface area contributed by atoms with Crippen molar-refractivity contribution in [3.63, 3.8) is 0 Å². The molecule has 7 heteroatoms. The summed E-state index contributed by atoms with van der Waals surface area (Å²) in [6.45, 7) is 0. The van der Waals surface area contributed by atoms with Crippen molar-refractivity contribution in [2.45, 2.75) is 7.43 Å². The molecule has 0 amide bonds. The molecule has 0 aliphatic heterocycles.